The van der Waals surface area contributed by atoms with Gasteiger partial charge < -0.3 is 20.7 Å². The first-order valence-electron chi connectivity index (χ1n) is 10.7. The first kappa shape index (κ1) is 27.7. The molecule has 0 saturated carbocycles. The van der Waals surface area contributed by atoms with Gasteiger partial charge in [-0.25, -0.2) is 9.67 Å². The standard InChI is InChI=1S/C22H22ClF3N6O3.Cu/c1-31(10-12-5-6-13(8-15(12)23)22(24,25)26)21(34)20(33)29-16-9-28-19(27)14-11-32(30-18(14)16)17-4-2-3-7-35-17;/h5-6,8-9,11,17H,2-4,7,10H2,1H3,(H2,27,28)(H,29,33);. The Morgan fingerprint density at radius 1 is 1.33 bits per heavy atom. The second-order valence-corrected chi connectivity index (χ2v) is 8.58. The van der Waals surface area contributed by atoms with E-state index in [-0.39, 0.29) is 51.9 Å². The third kappa shape index (κ3) is 5.92. The van der Waals surface area contributed by atoms with E-state index in [9.17, 15) is 22.8 Å². The van der Waals surface area contributed by atoms with Crippen LogP contribution in [-0.2, 0) is 44.1 Å². The molecule has 0 bridgehead atoms. The van der Waals surface area contributed by atoms with Crippen LogP contribution in [-0.4, -0.2) is 45.1 Å². The number of amides is 2. The van der Waals surface area contributed by atoms with Crippen molar-refractivity contribution in [1.82, 2.24) is 19.7 Å². The van der Waals surface area contributed by atoms with Gasteiger partial charge in [0.25, 0.3) is 0 Å². The van der Waals surface area contributed by atoms with Crippen molar-refractivity contribution in [3.63, 3.8) is 0 Å². The zero-order valence-corrected chi connectivity index (χ0v) is 20.6. The molecule has 2 amide bonds. The minimum absolute atomic E-state index is 0. The molecule has 3 aromatic rings. The van der Waals surface area contributed by atoms with Gasteiger partial charge in [-0.2, -0.15) is 18.3 Å². The van der Waals surface area contributed by atoms with Gasteiger partial charge in [-0.1, -0.05) is 17.7 Å². The van der Waals surface area contributed by atoms with E-state index in [1.54, 1.807) is 10.9 Å². The van der Waals surface area contributed by atoms with Crippen LogP contribution < -0.4 is 11.1 Å². The van der Waals surface area contributed by atoms with E-state index in [4.69, 9.17) is 22.1 Å². The SMILES string of the molecule is CN(Cc1ccc(C(F)(F)F)cc1Cl)C(=O)C(=O)Nc1cnc(N)c2cn(C3CCCCO3)nc12.[Cu]. The number of benzene rings is 1. The number of carbonyl (C=O) groups is 2. The summed E-state index contributed by atoms with van der Waals surface area (Å²) in [6.45, 7) is 0.439. The number of likely N-dealkylation sites (N-methyl/N-ethyl adjacent to an activating group) is 1. The molecule has 1 aliphatic heterocycles. The zero-order chi connectivity index (χ0) is 25.3. The van der Waals surface area contributed by atoms with Crippen molar-refractivity contribution in [2.24, 2.45) is 0 Å². The van der Waals surface area contributed by atoms with Gasteiger partial charge in [0.05, 0.1) is 22.8 Å². The number of carbonyl (C=O) groups excluding carboxylic acids is 2. The fraction of sp³-hybridized carbons (Fsp3) is 0.364. The molecule has 1 saturated heterocycles. The molecule has 1 aromatic carbocycles. The minimum Gasteiger partial charge on any atom is -0.383 e. The van der Waals surface area contributed by atoms with Gasteiger partial charge in [0.2, 0.25) is 0 Å². The van der Waals surface area contributed by atoms with Crippen LogP contribution >= 0.6 is 11.6 Å². The minimum atomic E-state index is -4.54. The Morgan fingerprint density at radius 2 is 2.08 bits per heavy atom. The molecule has 197 valence electrons. The van der Waals surface area contributed by atoms with E-state index >= 15 is 0 Å². The fourth-order valence-corrected chi connectivity index (χ4v) is 3.98. The topological polar surface area (TPSA) is 115 Å². The number of nitrogen functional groups attached to an aromatic ring is 1. The summed E-state index contributed by atoms with van der Waals surface area (Å²) in [6.07, 6.45) is 0.910. The van der Waals surface area contributed by atoms with Crippen LogP contribution in [0.25, 0.3) is 10.9 Å². The van der Waals surface area contributed by atoms with Crippen LogP contribution in [0.2, 0.25) is 5.02 Å². The number of rotatable bonds is 4. The van der Waals surface area contributed by atoms with E-state index in [2.05, 4.69) is 15.4 Å². The van der Waals surface area contributed by atoms with Crippen LogP contribution in [0.15, 0.2) is 30.6 Å². The molecular formula is C22H22ClCuF3N6O3. The molecule has 1 fully saturated rings. The Labute approximate surface area is 219 Å². The first-order valence-corrected chi connectivity index (χ1v) is 11.1. The van der Waals surface area contributed by atoms with E-state index in [1.807, 2.05) is 0 Å². The van der Waals surface area contributed by atoms with Crippen molar-refractivity contribution in [2.45, 2.75) is 38.2 Å². The molecule has 1 aliphatic rings. The van der Waals surface area contributed by atoms with Gasteiger partial charge in [-0.3, -0.25) is 9.59 Å². The van der Waals surface area contributed by atoms with Crippen LogP contribution in [0.3, 0.4) is 0 Å². The normalized spacial score (nSPS) is 15.9. The number of fused-ring (bicyclic) bond motifs is 1. The predicted octanol–water partition coefficient (Wildman–Crippen LogP) is 3.98. The summed E-state index contributed by atoms with van der Waals surface area (Å²) in [5, 5.41) is 7.30. The van der Waals surface area contributed by atoms with Crippen LogP contribution in [0.4, 0.5) is 24.7 Å². The number of pyridine rings is 1. The third-order valence-electron chi connectivity index (χ3n) is 5.62. The molecular weight excluding hydrogens is 552 g/mol. The maximum absolute atomic E-state index is 12.8. The number of nitrogens with one attached hydrogen (secondary N) is 1. The van der Waals surface area contributed by atoms with E-state index in [0.29, 0.717) is 17.5 Å². The van der Waals surface area contributed by atoms with Gasteiger partial charge in [0.1, 0.15) is 17.6 Å². The molecule has 3 heterocycles. The molecule has 1 unspecified atom stereocenters. The summed E-state index contributed by atoms with van der Waals surface area (Å²) in [5.41, 5.74) is 5.85. The molecule has 9 nitrogen and oxygen atoms in total. The van der Waals surface area contributed by atoms with Gasteiger partial charge in [0, 0.05) is 48.5 Å². The van der Waals surface area contributed by atoms with Crippen molar-refractivity contribution in [3.05, 3.63) is 46.7 Å². The monoisotopic (exact) mass is 573 g/mol. The smallest absolute Gasteiger partial charge is 0.383 e. The molecule has 3 N–H and O–H groups in total. The number of nitrogens with two attached hydrogens (primary N) is 1. The number of ether oxygens (including phenoxy) is 1. The summed E-state index contributed by atoms with van der Waals surface area (Å²) < 4.78 is 45.9. The molecule has 1 atom stereocenters. The average molecular weight is 574 g/mol. The molecule has 0 spiro atoms. The van der Waals surface area contributed by atoms with E-state index < -0.39 is 23.6 Å². The van der Waals surface area contributed by atoms with E-state index in [0.717, 1.165) is 36.3 Å². The maximum atomic E-state index is 12.8. The second-order valence-electron chi connectivity index (χ2n) is 8.17. The Balaban J connectivity index is 0.00000361. The van der Waals surface area contributed by atoms with Gasteiger partial charge in [0.15, 0.2) is 0 Å². The van der Waals surface area contributed by atoms with Crippen molar-refractivity contribution < 1.29 is 44.6 Å². The molecule has 4 rings (SSSR count). The Bertz CT molecular complexity index is 1280. The van der Waals surface area contributed by atoms with E-state index in [1.165, 1.54) is 19.3 Å². The first-order chi connectivity index (χ1) is 16.5. The summed E-state index contributed by atoms with van der Waals surface area (Å²) >= 11 is 5.96. The van der Waals surface area contributed by atoms with Crippen molar-refractivity contribution >= 4 is 45.8 Å². The molecule has 0 aliphatic carbocycles. The Hall–Kier alpha value is -2.86. The quantitative estimate of drug-likeness (QED) is 0.360. The predicted molar refractivity (Wildman–Crippen MR) is 122 cm³/mol. The van der Waals surface area contributed by atoms with Crippen molar-refractivity contribution in [2.75, 3.05) is 24.7 Å². The Morgan fingerprint density at radius 3 is 2.72 bits per heavy atom. The number of anilines is 2. The summed E-state index contributed by atoms with van der Waals surface area (Å²) in [7, 11) is 1.34. The summed E-state index contributed by atoms with van der Waals surface area (Å²) in [4.78, 5) is 30.4. The number of alkyl halides is 3. The van der Waals surface area contributed by atoms with Gasteiger partial charge >= 0.3 is 18.0 Å². The fourth-order valence-electron chi connectivity index (χ4n) is 3.74. The summed E-state index contributed by atoms with van der Waals surface area (Å²) in [5.74, 6) is -1.70. The van der Waals surface area contributed by atoms with Crippen molar-refractivity contribution in [3.8, 4) is 0 Å². The van der Waals surface area contributed by atoms with Crippen LogP contribution in [0, 0.1) is 0 Å². The largest absolute Gasteiger partial charge is 0.416 e. The molecule has 14 heteroatoms. The van der Waals surface area contributed by atoms with Crippen LogP contribution in [0.1, 0.15) is 36.6 Å². The number of halogens is 4. The zero-order valence-electron chi connectivity index (χ0n) is 18.9. The van der Waals surface area contributed by atoms with Gasteiger partial charge in [-0.15, -0.1) is 0 Å². The molecule has 2 aromatic heterocycles. The third-order valence-corrected chi connectivity index (χ3v) is 5.98. The molecule has 1 radical (unpaired) electrons. The number of hydrogen-bond acceptors (Lipinski definition) is 6. The average Bonchev–Trinajstić information content (AvgIpc) is 3.28. The second kappa shape index (κ2) is 11.0. The van der Waals surface area contributed by atoms with Crippen LogP contribution in [0.5, 0.6) is 0 Å². The molecule has 36 heavy (non-hydrogen) atoms. The maximum Gasteiger partial charge on any atom is 0.416 e. The summed E-state index contributed by atoms with van der Waals surface area (Å²) in [6, 6.07) is 2.81. The number of nitrogens with zero attached hydrogens (tertiary/aromatic N) is 4. The Kier molecular flexibility index (Phi) is 8.50. The number of aromatic nitrogens is 3. The number of hydrogen-bond donors (Lipinski definition) is 2. The van der Waals surface area contributed by atoms with Crippen molar-refractivity contribution in [1.29, 1.82) is 0 Å². The van der Waals surface area contributed by atoms with Gasteiger partial charge in [-0.05, 0) is 37.0 Å².